The van der Waals surface area contributed by atoms with Gasteiger partial charge in [0.2, 0.25) is 0 Å². The topological polar surface area (TPSA) is 66.8 Å². The zero-order valence-electron chi connectivity index (χ0n) is 9.61. The van der Waals surface area contributed by atoms with Crippen LogP contribution in [0, 0.1) is 0 Å². The van der Waals surface area contributed by atoms with E-state index in [1.165, 1.54) is 18.2 Å². The molecule has 6 heteroatoms. The van der Waals surface area contributed by atoms with E-state index in [-0.39, 0.29) is 17.9 Å². The van der Waals surface area contributed by atoms with Crippen molar-refractivity contribution in [2.45, 2.75) is 24.7 Å². The first-order valence-electron chi connectivity index (χ1n) is 5.43. The molecular weight excluding hydrogens is 246 g/mol. The summed E-state index contributed by atoms with van der Waals surface area (Å²) in [6.07, 6.45) is -0.807. The maximum atomic E-state index is 13.4. The Morgan fingerprint density at radius 3 is 2.56 bits per heavy atom. The first-order chi connectivity index (χ1) is 8.37. The minimum absolute atomic E-state index is 0.0123. The predicted molar refractivity (Wildman–Crippen MR) is 58.2 cm³/mol. The molecule has 0 amide bonds. The number of para-hydroxylation sites is 1. The number of ether oxygens (including phenoxy) is 1. The molecule has 1 atom stereocenters. The van der Waals surface area contributed by atoms with Gasteiger partial charge < -0.3 is 14.9 Å². The summed E-state index contributed by atoms with van der Waals surface area (Å²) in [4.78, 5) is 11.1. The third-order valence-corrected chi connectivity index (χ3v) is 3.11. The molecule has 0 bridgehead atoms. The molecule has 1 saturated carbocycles. The van der Waals surface area contributed by atoms with Crippen molar-refractivity contribution in [2.24, 2.45) is 0 Å². The highest BCUT2D eigenvalue weighted by molar-refractivity contribution is 5.89. The first kappa shape index (κ1) is 12.6. The second-order valence-corrected chi connectivity index (χ2v) is 4.18. The van der Waals surface area contributed by atoms with Crippen LogP contribution < -0.4 is 4.74 Å². The van der Waals surface area contributed by atoms with Gasteiger partial charge in [-0.15, -0.1) is 0 Å². The van der Waals surface area contributed by atoms with Gasteiger partial charge in [0.25, 0.3) is 5.92 Å². The number of alkyl halides is 2. The molecule has 1 unspecified atom stereocenters. The van der Waals surface area contributed by atoms with Gasteiger partial charge in [0.1, 0.15) is 0 Å². The molecule has 1 aromatic rings. The lowest BCUT2D eigenvalue weighted by atomic mass is 9.94. The lowest BCUT2D eigenvalue weighted by Gasteiger charge is -2.15. The lowest BCUT2D eigenvalue weighted by molar-refractivity contribution is -0.143. The van der Waals surface area contributed by atoms with Crippen LogP contribution in [0.1, 0.15) is 18.9 Å². The van der Waals surface area contributed by atoms with E-state index in [0.29, 0.717) is 0 Å². The predicted octanol–water partition coefficient (Wildman–Crippen LogP) is 2.15. The zero-order chi connectivity index (χ0) is 13.6. The summed E-state index contributed by atoms with van der Waals surface area (Å²) in [5, 5.41) is 18.9. The van der Waals surface area contributed by atoms with Crippen LogP contribution in [-0.4, -0.2) is 28.7 Å². The van der Waals surface area contributed by atoms with Gasteiger partial charge in [-0.05, 0) is 13.0 Å². The van der Waals surface area contributed by atoms with Crippen molar-refractivity contribution in [3.8, 4) is 11.5 Å². The second kappa shape index (κ2) is 3.83. The van der Waals surface area contributed by atoms with Crippen LogP contribution in [0.5, 0.6) is 11.5 Å². The fourth-order valence-electron chi connectivity index (χ4n) is 2.07. The molecule has 1 aliphatic carbocycles. The number of carboxylic acids is 1. The molecule has 2 rings (SSSR count). The van der Waals surface area contributed by atoms with E-state index in [2.05, 4.69) is 0 Å². The van der Waals surface area contributed by atoms with Crippen LogP contribution in [0.2, 0.25) is 0 Å². The van der Waals surface area contributed by atoms with E-state index < -0.39 is 29.5 Å². The highest BCUT2D eigenvalue weighted by atomic mass is 19.3. The third-order valence-electron chi connectivity index (χ3n) is 3.11. The van der Waals surface area contributed by atoms with Crippen LogP contribution in [0.25, 0.3) is 0 Å². The largest absolute Gasteiger partial charge is 0.504 e. The smallest absolute Gasteiger partial charge is 0.320 e. The van der Waals surface area contributed by atoms with Gasteiger partial charge in [-0.25, -0.2) is 8.78 Å². The number of halogens is 2. The SMILES string of the molecule is CCOc1cccc(C2(C(=O)O)CC2(F)F)c1O. The average Bonchev–Trinajstić information content (AvgIpc) is 2.86. The molecule has 0 aliphatic heterocycles. The van der Waals surface area contributed by atoms with Crippen molar-refractivity contribution >= 4 is 5.97 Å². The van der Waals surface area contributed by atoms with Crippen molar-refractivity contribution in [3.63, 3.8) is 0 Å². The van der Waals surface area contributed by atoms with Gasteiger partial charge in [-0.2, -0.15) is 0 Å². The Labute approximate surface area is 102 Å². The minimum atomic E-state index is -3.35. The van der Waals surface area contributed by atoms with E-state index in [0.717, 1.165) is 0 Å². The Balaban J connectivity index is 2.52. The summed E-state index contributed by atoms with van der Waals surface area (Å²) >= 11 is 0. The molecule has 0 radical (unpaired) electrons. The van der Waals surface area contributed by atoms with E-state index in [1.54, 1.807) is 6.92 Å². The second-order valence-electron chi connectivity index (χ2n) is 4.18. The fraction of sp³-hybridized carbons (Fsp3) is 0.417. The van der Waals surface area contributed by atoms with E-state index in [4.69, 9.17) is 9.84 Å². The number of carbonyl (C=O) groups is 1. The monoisotopic (exact) mass is 258 g/mol. The average molecular weight is 258 g/mol. The highest BCUT2D eigenvalue weighted by Gasteiger charge is 2.78. The van der Waals surface area contributed by atoms with Gasteiger partial charge in [-0.3, -0.25) is 4.79 Å². The summed E-state index contributed by atoms with van der Waals surface area (Å²) < 4.78 is 31.8. The maximum absolute atomic E-state index is 13.4. The Morgan fingerprint density at radius 2 is 2.11 bits per heavy atom. The van der Waals surface area contributed by atoms with Crippen LogP contribution in [0.3, 0.4) is 0 Å². The van der Waals surface area contributed by atoms with Gasteiger partial charge in [0.05, 0.1) is 6.61 Å². The number of phenolic OH excluding ortho intramolecular Hbond substituents is 1. The summed E-state index contributed by atoms with van der Waals surface area (Å²) in [6.45, 7) is 1.91. The Bertz CT molecular complexity index is 501. The molecule has 0 spiro atoms. The molecule has 1 fully saturated rings. The van der Waals surface area contributed by atoms with Crippen molar-refractivity contribution in [3.05, 3.63) is 23.8 Å². The van der Waals surface area contributed by atoms with E-state index in [1.807, 2.05) is 0 Å². The third kappa shape index (κ3) is 1.52. The number of benzene rings is 1. The molecule has 18 heavy (non-hydrogen) atoms. The van der Waals surface area contributed by atoms with Gasteiger partial charge in [0, 0.05) is 12.0 Å². The van der Waals surface area contributed by atoms with Gasteiger partial charge >= 0.3 is 5.97 Å². The highest BCUT2D eigenvalue weighted by Crippen LogP contribution is 2.64. The molecule has 2 N–H and O–H groups in total. The molecule has 1 aliphatic rings. The van der Waals surface area contributed by atoms with E-state index in [9.17, 15) is 18.7 Å². The van der Waals surface area contributed by atoms with Crippen molar-refractivity contribution in [2.75, 3.05) is 6.61 Å². The number of hydrogen-bond donors (Lipinski definition) is 2. The van der Waals surface area contributed by atoms with Crippen LogP contribution in [0.15, 0.2) is 18.2 Å². The maximum Gasteiger partial charge on any atom is 0.320 e. The molecule has 0 saturated heterocycles. The fourth-order valence-corrected chi connectivity index (χ4v) is 2.07. The number of rotatable bonds is 4. The quantitative estimate of drug-likeness (QED) is 0.868. The van der Waals surface area contributed by atoms with Crippen molar-refractivity contribution in [1.82, 2.24) is 0 Å². The van der Waals surface area contributed by atoms with E-state index >= 15 is 0 Å². The molecule has 0 heterocycles. The number of phenols is 1. The van der Waals surface area contributed by atoms with Crippen LogP contribution in [0.4, 0.5) is 8.78 Å². The normalized spacial score (nSPS) is 24.6. The summed E-state index contributed by atoms with van der Waals surface area (Å²) in [7, 11) is 0. The Kier molecular flexibility index (Phi) is 2.68. The van der Waals surface area contributed by atoms with Crippen molar-refractivity contribution in [1.29, 1.82) is 0 Å². The number of hydrogen-bond acceptors (Lipinski definition) is 3. The van der Waals surface area contributed by atoms with Crippen LogP contribution >= 0.6 is 0 Å². The van der Waals surface area contributed by atoms with Crippen LogP contribution in [-0.2, 0) is 10.2 Å². The van der Waals surface area contributed by atoms with Gasteiger partial charge in [-0.1, -0.05) is 12.1 Å². The Hall–Kier alpha value is -1.85. The molecule has 0 aromatic heterocycles. The number of carboxylic acid groups (broad SMARTS) is 1. The minimum Gasteiger partial charge on any atom is -0.504 e. The molecule has 1 aromatic carbocycles. The number of aliphatic carboxylic acids is 1. The molecule has 98 valence electrons. The summed E-state index contributed by atoms with van der Waals surface area (Å²) in [5.41, 5.74) is -2.63. The Morgan fingerprint density at radius 1 is 1.50 bits per heavy atom. The van der Waals surface area contributed by atoms with Crippen molar-refractivity contribution < 1.29 is 28.5 Å². The lowest BCUT2D eigenvalue weighted by Crippen LogP contribution is -2.27. The summed E-state index contributed by atoms with van der Waals surface area (Å²) in [5.74, 6) is -5.50. The first-order valence-corrected chi connectivity index (χ1v) is 5.43. The molecular formula is C12H12F2O4. The summed E-state index contributed by atoms with van der Waals surface area (Å²) in [6, 6.07) is 3.98. The van der Waals surface area contributed by atoms with Gasteiger partial charge in [0.15, 0.2) is 16.9 Å². The molecule has 4 nitrogen and oxygen atoms in total. The zero-order valence-corrected chi connectivity index (χ0v) is 9.61. The number of aromatic hydroxyl groups is 1. The standard InChI is InChI=1S/C12H12F2O4/c1-2-18-8-5-3-4-7(9(8)15)11(10(16)17)6-12(11,13)14/h3-5,15H,2,6H2,1H3,(H,16,17).